The van der Waals surface area contributed by atoms with Gasteiger partial charge in [0, 0.05) is 22.5 Å². The van der Waals surface area contributed by atoms with Crippen LogP contribution in [-0.2, 0) is 5.41 Å². The summed E-state index contributed by atoms with van der Waals surface area (Å²) in [5.74, 6) is 0. The van der Waals surface area contributed by atoms with E-state index in [0.29, 0.717) is 0 Å². The number of rotatable bonds is 6. The van der Waals surface area contributed by atoms with Crippen LogP contribution in [0.2, 0.25) is 0 Å². The highest BCUT2D eigenvalue weighted by atomic mass is 15.1. The molecule has 274 valence electrons. The highest BCUT2D eigenvalue weighted by Crippen LogP contribution is 2.52. The summed E-state index contributed by atoms with van der Waals surface area (Å²) in [6.45, 7) is 4.75. The fraction of sp³-hybridized carbons (Fsp3) is 0.0526. The molecule has 1 heteroatoms. The van der Waals surface area contributed by atoms with Gasteiger partial charge >= 0.3 is 0 Å². The molecule has 0 saturated heterocycles. The molecular formula is C57H41N. The van der Waals surface area contributed by atoms with E-state index >= 15 is 0 Å². The fourth-order valence-electron chi connectivity index (χ4n) is 9.44. The molecule has 0 heterocycles. The highest BCUT2D eigenvalue weighted by Gasteiger charge is 2.36. The first-order valence-corrected chi connectivity index (χ1v) is 20.3. The van der Waals surface area contributed by atoms with Crippen LogP contribution in [0.5, 0.6) is 0 Å². The summed E-state index contributed by atoms with van der Waals surface area (Å²) in [5.41, 5.74) is 16.0. The molecule has 1 aliphatic carbocycles. The first-order valence-electron chi connectivity index (χ1n) is 20.3. The Labute approximate surface area is 340 Å². The molecule has 0 aliphatic heterocycles. The lowest BCUT2D eigenvalue weighted by atomic mass is 9.81. The Morgan fingerprint density at radius 3 is 1.28 bits per heavy atom. The Morgan fingerprint density at radius 2 is 0.655 bits per heavy atom. The zero-order valence-electron chi connectivity index (χ0n) is 32.7. The topological polar surface area (TPSA) is 3.24 Å². The molecule has 0 radical (unpaired) electrons. The molecule has 10 aromatic carbocycles. The number of nitrogens with zero attached hydrogens (tertiary/aromatic N) is 1. The number of benzene rings is 10. The lowest BCUT2D eigenvalue weighted by Crippen LogP contribution is -2.16. The number of fused-ring (bicyclic) bond motifs is 9. The maximum Gasteiger partial charge on any atom is 0.0465 e. The Morgan fingerprint density at radius 1 is 0.276 bits per heavy atom. The van der Waals surface area contributed by atoms with E-state index in [1.165, 1.54) is 88.0 Å². The van der Waals surface area contributed by atoms with Gasteiger partial charge in [0.2, 0.25) is 0 Å². The van der Waals surface area contributed by atoms with Crippen molar-refractivity contribution in [2.75, 3.05) is 4.90 Å². The van der Waals surface area contributed by atoms with Gasteiger partial charge in [-0.25, -0.2) is 0 Å². The van der Waals surface area contributed by atoms with Crippen LogP contribution in [0.3, 0.4) is 0 Å². The minimum Gasteiger partial charge on any atom is -0.310 e. The molecule has 0 bridgehead atoms. The molecule has 0 aromatic heterocycles. The third kappa shape index (κ3) is 5.54. The first-order chi connectivity index (χ1) is 28.5. The largest absolute Gasteiger partial charge is 0.310 e. The van der Waals surface area contributed by atoms with Gasteiger partial charge in [-0.05, 0) is 136 Å². The standard InChI is InChI=1S/C57H41N/c1-57(2)55-36-43(40-23-21-39(22-24-40)38-13-5-3-6-14-38)28-33-52(55)53-34-31-46(37-56(53)57)58(44-15-7-4-8-16-44)45-29-25-41(26-30-45)42-27-32-51-49-19-10-9-17-47(49)48-18-11-12-20-50(48)54(51)35-42/h3-37H,1-2H3. The molecule has 11 rings (SSSR count). The maximum atomic E-state index is 2.42. The zero-order valence-corrected chi connectivity index (χ0v) is 32.7. The normalized spacial score (nSPS) is 12.8. The van der Waals surface area contributed by atoms with Gasteiger partial charge < -0.3 is 4.90 Å². The average Bonchev–Trinajstić information content (AvgIpc) is 3.52. The number of hydrogen-bond donors (Lipinski definition) is 0. The van der Waals surface area contributed by atoms with Gasteiger partial charge in [0.1, 0.15) is 0 Å². The van der Waals surface area contributed by atoms with Crippen molar-refractivity contribution in [3.63, 3.8) is 0 Å². The van der Waals surface area contributed by atoms with Crippen molar-refractivity contribution in [1.29, 1.82) is 0 Å². The second kappa shape index (κ2) is 13.5. The van der Waals surface area contributed by atoms with Gasteiger partial charge in [0.25, 0.3) is 0 Å². The summed E-state index contributed by atoms with van der Waals surface area (Å²) in [4.78, 5) is 2.39. The third-order valence-electron chi connectivity index (χ3n) is 12.5. The second-order valence-electron chi connectivity index (χ2n) is 16.1. The van der Waals surface area contributed by atoms with Crippen molar-refractivity contribution in [3.05, 3.63) is 223 Å². The second-order valence-corrected chi connectivity index (χ2v) is 16.1. The van der Waals surface area contributed by atoms with E-state index in [9.17, 15) is 0 Å². The molecular weight excluding hydrogens is 699 g/mol. The van der Waals surface area contributed by atoms with Crippen LogP contribution in [0, 0.1) is 0 Å². The molecule has 0 N–H and O–H groups in total. The van der Waals surface area contributed by atoms with Gasteiger partial charge in [-0.15, -0.1) is 0 Å². The first kappa shape index (κ1) is 34.1. The van der Waals surface area contributed by atoms with Crippen molar-refractivity contribution in [3.8, 4) is 44.5 Å². The van der Waals surface area contributed by atoms with Crippen LogP contribution in [-0.4, -0.2) is 0 Å². The smallest absolute Gasteiger partial charge is 0.0465 e. The van der Waals surface area contributed by atoms with Gasteiger partial charge in [-0.1, -0.05) is 178 Å². The predicted molar refractivity (Wildman–Crippen MR) is 248 cm³/mol. The lowest BCUT2D eigenvalue weighted by Gasteiger charge is -2.28. The molecule has 58 heavy (non-hydrogen) atoms. The number of para-hydroxylation sites is 1. The van der Waals surface area contributed by atoms with Crippen molar-refractivity contribution >= 4 is 49.4 Å². The number of anilines is 3. The molecule has 10 aromatic rings. The van der Waals surface area contributed by atoms with E-state index in [1.54, 1.807) is 0 Å². The quantitative estimate of drug-likeness (QED) is 0.154. The third-order valence-corrected chi connectivity index (χ3v) is 12.5. The Bertz CT molecular complexity index is 3120. The van der Waals surface area contributed by atoms with Crippen LogP contribution in [0.1, 0.15) is 25.0 Å². The van der Waals surface area contributed by atoms with Crippen LogP contribution < -0.4 is 4.90 Å². The minimum atomic E-state index is -0.168. The van der Waals surface area contributed by atoms with E-state index in [2.05, 4.69) is 231 Å². The summed E-state index contributed by atoms with van der Waals surface area (Å²) < 4.78 is 0. The van der Waals surface area contributed by atoms with Crippen LogP contribution in [0.15, 0.2) is 212 Å². The van der Waals surface area contributed by atoms with Crippen LogP contribution in [0.25, 0.3) is 76.8 Å². The summed E-state index contributed by atoms with van der Waals surface area (Å²) in [6, 6.07) is 78.0. The van der Waals surface area contributed by atoms with Crippen molar-refractivity contribution in [2.45, 2.75) is 19.3 Å². The predicted octanol–water partition coefficient (Wildman–Crippen LogP) is 15.9. The van der Waals surface area contributed by atoms with Crippen molar-refractivity contribution in [1.82, 2.24) is 0 Å². The monoisotopic (exact) mass is 739 g/mol. The average molecular weight is 740 g/mol. The lowest BCUT2D eigenvalue weighted by molar-refractivity contribution is 0.660. The van der Waals surface area contributed by atoms with Crippen LogP contribution in [0.4, 0.5) is 17.1 Å². The van der Waals surface area contributed by atoms with Gasteiger partial charge in [0.15, 0.2) is 0 Å². The van der Waals surface area contributed by atoms with E-state index < -0.39 is 0 Å². The SMILES string of the molecule is CC1(C)c2cc(-c3ccc(-c4ccccc4)cc3)ccc2-c2ccc(N(c3ccccc3)c3ccc(-c4ccc5c6ccccc6c6ccccc6c5c4)cc3)cc21. The zero-order chi connectivity index (χ0) is 38.8. The molecule has 1 aliphatic rings. The molecule has 0 saturated carbocycles. The Hall–Kier alpha value is -7.22. The summed E-state index contributed by atoms with van der Waals surface area (Å²) in [6.07, 6.45) is 0. The van der Waals surface area contributed by atoms with E-state index in [-0.39, 0.29) is 5.41 Å². The molecule has 1 nitrogen and oxygen atoms in total. The van der Waals surface area contributed by atoms with Gasteiger partial charge in [-0.3, -0.25) is 0 Å². The Balaban J connectivity index is 0.947. The van der Waals surface area contributed by atoms with Crippen molar-refractivity contribution < 1.29 is 0 Å². The molecule has 0 atom stereocenters. The van der Waals surface area contributed by atoms with Gasteiger partial charge in [0.05, 0.1) is 0 Å². The van der Waals surface area contributed by atoms with Crippen molar-refractivity contribution in [2.24, 2.45) is 0 Å². The summed E-state index contributed by atoms with van der Waals surface area (Å²) >= 11 is 0. The number of hydrogen-bond acceptors (Lipinski definition) is 1. The van der Waals surface area contributed by atoms with E-state index in [1.807, 2.05) is 0 Å². The van der Waals surface area contributed by atoms with Gasteiger partial charge in [-0.2, -0.15) is 0 Å². The van der Waals surface area contributed by atoms with E-state index in [0.717, 1.165) is 17.1 Å². The maximum absolute atomic E-state index is 2.42. The summed E-state index contributed by atoms with van der Waals surface area (Å²) in [5, 5.41) is 7.77. The molecule has 0 fully saturated rings. The molecule has 0 spiro atoms. The molecule has 0 amide bonds. The highest BCUT2D eigenvalue weighted by molar-refractivity contribution is 6.25. The Kier molecular flexibility index (Phi) is 7.91. The fourth-order valence-corrected chi connectivity index (χ4v) is 9.44. The van der Waals surface area contributed by atoms with Crippen LogP contribution >= 0.6 is 0 Å². The summed E-state index contributed by atoms with van der Waals surface area (Å²) in [7, 11) is 0. The minimum absolute atomic E-state index is 0.168. The molecule has 0 unspecified atom stereocenters. The van der Waals surface area contributed by atoms with E-state index in [4.69, 9.17) is 0 Å².